The summed E-state index contributed by atoms with van der Waals surface area (Å²) in [5, 5.41) is 0. The van der Waals surface area contributed by atoms with Crippen LogP contribution in [0.5, 0.6) is 0 Å². The van der Waals surface area contributed by atoms with Crippen molar-refractivity contribution in [2.75, 3.05) is 10.1 Å². The van der Waals surface area contributed by atoms with Gasteiger partial charge >= 0.3 is 0 Å². The SMILES string of the molecule is NNc1ncccc1S(=O)(=O)Nc1ccc(F)cc1F. The van der Waals surface area contributed by atoms with Gasteiger partial charge in [0.25, 0.3) is 10.0 Å². The van der Waals surface area contributed by atoms with E-state index in [-0.39, 0.29) is 16.4 Å². The lowest BCUT2D eigenvalue weighted by molar-refractivity contribution is 0.582. The molecule has 106 valence electrons. The summed E-state index contributed by atoms with van der Waals surface area (Å²) in [6.45, 7) is 0. The number of sulfonamides is 1. The largest absolute Gasteiger partial charge is 0.307 e. The molecule has 0 radical (unpaired) electrons. The lowest BCUT2D eigenvalue weighted by atomic mass is 10.3. The fourth-order valence-corrected chi connectivity index (χ4v) is 2.68. The van der Waals surface area contributed by atoms with Crippen molar-refractivity contribution in [1.29, 1.82) is 0 Å². The van der Waals surface area contributed by atoms with E-state index < -0.39 is 21.7 Å². The summed E-state index contributed by atoms with van der Waals surface area (Å²) in [6, 6.07) is 5.12. The zero-order valence-corrected chi connectivity index (χ0v) is 10.8. The zero-order chi connectivity index (χ0) is 14.8. The molecule has 0 saturated carbocycles. The predicted molar refractivity (Wildman–Crippen MR) is 69.2 cm³/mol. The highest BCUT2D eigenvalue weighted by Crippen LogP contribution is 2.23. The molecule has 0 bridgehead atoms. The van der Waals surface area contributed by atoms with Crippen LogP contribution >= 0.6 is 0 Å². The van der Waals surface area contributed by atoms with Crippen molar-refractivity contribution in [3.63, 3.8) is 0 Å². The molecule has 6 nitrogen and oxygen atoms in total. The first-order valence-corrected chi connectivity index (χ1v) is 6.82. The maximum Gasteiger partial charge on any atom is 0.265 e. The number of nitrogens with zero attached hydrogens (tertiary/aromatic N) is 1. The van der Waals surface area contributed by atoms with Crippen molar-refractivity contribution in [3.05, 3.63) is 48.2 Å². The van der Waals surface area contributed by atoms with Crippen LogP contribution < -0.4 is 16.0 Å². The van der Waals surface area contributed by atoms with E-state index in [0.717, 1.165) is 12.1 Å². The van der Waals surface area contributed by atoms with Crippen molar-refractivity contribution in [2.24, 2.45) is 5.84 Å². The Hall–Kier alpha value is -2.26. The third-order valence-electron chi connectivity index (χ3n) is 2.37. The third kappa shape index (κ3) is 2.83. The Kier molecular flexibility index (Phi) is 3.81. The smallest absolute Gasteiger partial charge is 0.265 e. The van der Waals surface area contributed by atoms with E-state index >= 15 is 0 Å². The summed E-state index contributed by atoms with van der Waals surface area (Å²) in [6.07, 6.45) is 1.34. The van der Waals surface area contributed by atoms with Gasteiger partial charge in [0, 0.05) is 12.3 Å². The first-order valence-electron chi connectivity index (χ1n) is 5.33. The molecule has 0 aliphatic carbocycles. The van der Waals surface area contributed by atoms with Gasteiger partial charge in [0.15, 0.2) is 5.82 Å². The monoisotopic (exact) mass is 300 g/mol. The van der Waals surface area contributed by atoms with Crippen LogP contribution in [0, 0.1) is 11.6 Å². The molecule has 1 aromatic heterocycles. The van der Waals surface area contributed by atoms with Gasteiger partial charge in [0.2, 0.25) is 0 Å². The molecule has 4 N–H and O–H groups in total. The third-order valence-corrected chi connectivity index (χ3v) is 3.77. The molecule has 0 atom stereocenters. The molecule has 2 rings (SSSR count). The maximum atomic E-state index is 13.5. The second kappa shape index (κ2) is 5.39. The molecule has 0 aliphatic heterocycles. The Bertz CT molecular complexity index is 737. The number of halogens is 2. The average molecular weight is 300 g/mol. The number of nitrogens with one attached hydrogen (secondary N) is 2. The number of nitrogen functional groups attached to an aromatic ring is 1. The Morgan fingerprint density at radius 1 is 1.20 bits per heavy atom. The number of rotatable bonds is 4. The number of hydrogen-bond donors (Lipinski definition) is 3. The summed E-state index contributed by atoms with van der Waals surface area (Å²) >= 11 is 0. The second-order valence-corrected chi connectivity index (χ2v) is 5.37. The topological polar surface area (TPSA) is 97.1 Å². The van der Waals surface area contributed by atoms with E-state index in [1.165, 1.54) is 18.3 Å². The van der Waals surface area contributed by atoms with Crippen LogP contribution in [0.25, 0.3) is 0 Å². The summed E-state index contributed by atoms with van der Waals surface area (Å²) in [4.78, 5) is 3.47. The molecule has 0 saturated heterocycles. The first kappa shape index (κ1) is 14.2. The van der Waals surface area contributed by atoms with Gasteiger partial charge in [-0.15, -0.1) is 0 Å². The van der Waals surface area contributed by atoms with Gasteiger partial charge in [-0.1, -0.05) is 0 Å². The van der Waals surface area contributed by atoms with Crippen LogP contribution in [-0.4, -0.2) is 13.4 Å². The molecule has 1 aromatic carbocycles. The molecule has 1 heterocycles. The number of hydrazine groups is 1. The van der Waals surface area contributed by atoms with Crippen LogP contribution in [0.3, 0.4) is 0 Å². The predicted octanol–water partition coefficient (Wildman–Crippen LogP) is 1.45. The van der Waals surface area contributed by atoms with Gasteiger partial charge < -0.3 is 5.43 Å². The highest BCUT2D eigenvalue weighted by molar-refractivity contribution is 7.92. The Balaban J connectivity index is 2.41. The number of pyridine rings is 1. The molecule has 0 aliphatic rings. The van der Waals surface area contributed by atoms with Crippen molar-refractivity contribution < 1.29 is 17.2 Å². The molecule has 0 spiro atoms. The lowest BCUT2D eigenvalue weighted by Crippen LogP contribution is -2.19. The van der Waals surface area contributed by atoms with Crippen LogP contribution in [0.1, 0.15) is 0 Å². The number of hydrogen-bond acceptors (Lipinski definition) is 5. The van der Waals surface area contributed by atoms with E-state index in [1.807, 2.05) is 4.72 Å². The molecule has 0 amide bonds. The van der Waals surface area contributed by atoms with Gasteiger partial charge in [-0.25, -0.2) is 28.0 Å². The normalized spacial score (nSPS) is 11.2. The van der Waals surface area contributed by atoms with E-state index in [1.54, 1.807) is 0 Å². The fraction of sp³-hybridized carbons (Fsp3) is 0. The summed E-state index contributed by atoms with van der Waals surface area (Å²) in [7, 11) is -4.11. The van der Waals surface area contributed by atoms with Gasteiger partial charge in [0.05, 0.1) is 5.69 Å². The van der Waals surface area contributed by atoms with Crippen molar-refractivity contribution in [3.8, 4) is 0 Å². The van der Waals surface area contributed by atoms with Crippen molar-refractivity contribution >= 4 is 21.5 Å². The molecule has 9 heteroatoms. The van der Waals surface area contributed by atoms with E-state index in [9.17, 15) is 17.2 Å². The zero-order valence-electron chi connectivity index (χ0n) is 9.97. The summed E-state index contributed by atoms with van der Waals surface area (Å²) in [5.74, 6) is 3.23. The number of anilines is 2. The lowest BCUT2D eigenvalue weighted by Gasteiger charge is -2.11. The van der Waals surface area contributed by atoms with Crippen LogP contribution in [0.2, 0.25) is 0 Å². The maximum absolute atomic E-state index is 13.5. The Morgan fingerprint density at radius 2 is 1.95 bits per heavy atom. The average Bonchev–Trinajstić information content (AvgIpc) is 2.42. The summed E-state index contributed by atoms with van der Waals surface area (Å²) in [5.41, 5.74) is 1.75. The summed E-state index contributed by atoms with van der Waals surface area (Å²) < 4.78 is 52.4. The molecule has 2 aromatic rings. The van der Waals surface area contributed by atoms with E-state index in [0.29, 0.717) is 6.07 Å². The first-order chi connectivity index (χ1) is 9.44. The van der Waals surface area contributed by atoms with Crippen LogP contribution in [0.15, 0.2) is 41.4 Å². The minimum Gasteiger partial charge on any atom is -0.307 e. The molecule has 0 fully saturated rings. The standard InChI is InChI=1S/C11H10F2N4O2S/c12-7-3-4-9(8(13)6-7)17-20(18,19)10-2-1-5-15-11(10)16-14/h1-6,17H,14H2,(H,15,16). The number of nitrogens with two attached hydrogens (primary N) is 1. The quantitative estimate of drug-likeness (QED) is 0.586. The minimum atomic E-state index is -4.11. The highest BCUT2D eigenvalue weighted by atomic mass is 32.2. The molecular formula is C11H10F2N4O2S. The van der Waals surface area contributed by atoms with Crippen LogP contribution in [0.4, 0.5) is 20.3 Å². The van der Waals surface area contributed by atoms with Gasteiger partial charge in [-0.05, 0) is 24.3 Å². The number of aromatic nitrogens is 1. The second-order valence-electron chi connectivity index (χ2n) is 3.72. The Labute approximate surface area is 113 Å². The van der Waals surface area contributed by atoms with Crippen molar-refractivity contribution in [2.45, 2.75) is 4.90 Å². The van der Waals surface area contributed by atoms with E-state index in [4.69, 9.17) is 5.84 Å². The molecule has 20 heavy (non-hydrogen) atoms. The van der Waals surface area contributed by atoms with E-state index in [2.05, 4.69) is 10.4 Å². The number of benzene rings is 1. The highest BCUT2D eigenvalue weighted by Gasteiger charge is 2.20. The minimum absolute atomic E-state index is 0.0949. The van der Waals surface area contributed by atoms with Gasteiger partial charge in [-0.2, -0.15) is 0 Å². The van der Waals surface area contributed by atoms with Crippen LogP contribution in [-0.2, 0) is 10.0 Å². The Morgan fingerprint density at radius 3 is 2.60 bits per heavy atom. The van der Waals surface area contributed by atoms with Crippen molar-refractivity contribution in [1.82, 2.24) is 4.98 Å². The molecular weight excluding hydrogens is 290 g/mol. The van der Waals surface area contributed by atoms with Gasteiger partial charge in [0.1, 0.15) is 16.5 Å². The van der Waals surface area contributed by atoms with Gasteiger partial charge in [-0.3, -0.25) is 4.72 Å². The molecule has 0 unspecified atom stereocenters. The fourth-order valence-electron chi connectivity index (χ4n) is 1.49.